The number of nitrogens with one attached hydrogen (secondary N) is 1. The van der Waals surface area contributed by atoms with Crippen molar-refractivity contribution in [2.75, 3.05) is 26.4 Å². The minimum absolute atomic E-state index is 0.160. The molecule has 0 unspecified atom stereocenters. The number of ether oxygens (including phenoxy) is 3. The van der Waals surface area contributed by atoms with Gasteiger partial charge >= 0.3 is 12.1 Å². The van der Waals surface area contributed by atoms with Crippen molar-refractivity contribution in [1.82, 2.24) is 5.32 Å². The van der Waals surface area contributed by atoms with E-state index in [1.54, 1.807) is 24.3 Å². The second kappa shape index (κ2) is 10.4. The summed E-state index contributed by atoms with van der Waals surface area (Å²) in [4.78, 5) is 23.5. The monoisotopic (exact) mass is 411 g/mol. The molecule has 0 saturated carbocycles. The van der Waals surface area contributed by atoms with Crippen LogP contribution < -0.4 is 14.8 Å². The van der Waals surface area contributed by atoms with Crippen LogP contribution in [0.5, 0.6) is 11.5 Å². The molecule has 0 radical (unpaired) electrons. The molecule has 0 aromatic heterocycles. The van der Waals surface area contributed by atoms with Crippen LogP contribution in [0.3, 0.4) is 0 Å². The molecule has 1 N–H and O–H groups in total. The van der Waals surface area contributed by atoms with Gasteiger partial charge in [0.25, 0.3) is 5.91 Å². The zero-order valence-electron chi connectivity index (χ0n) is 15.6. The highest BCUT2D eigenvalue weighted by atomic mass is 19.4. The number of esters is 1. The van der Waals surface area contributed by atoms with Gasteiger partial charge < -0.3 is 19.5 Å². The molecule has 2 rings (SSSR count). The van der Waals surface area contributed by atoms with Crippen LogP contribution in [0.1, 0.15) is 22.8 Å². The van der Waals surface area contributed by atoms with Gasteiger partial charge in [-0.15, -0.1) is 0 Å². The fourth-order valence-corrected chi connectivity index (χ4v) is 2.25. The molecule has 29 heavy (non-hydrogen) atoms. The first-order chi connectivity index (χ1) is 13.8. The van der Waals surface area contributed by atoms with Crippen molar-refractivity contribution in [2.45, 2.75) is 13.1 Å². The number of benzene rings is 2. The zero-order chi connectivity index (χ0) is 21.3. The van der Waals surface area contributed by atoms with E-state index >= 15 is 0 Å². The maximum Gasteiger partial charge on any atom is 0.416 e. The van der Waals surface area contributed by atoms with Gasteiger partial charge in [0, 0.05) is 0 Å². The Labute approximate surface area is 165 Å². The summed E-state index contributed by atoms with van der Waals surface area (Å²) in [7, 11) is 0. The highest BCUT2D eigenvalue weighted by molar-refractivity contribution is 5.91. The first-order valence-corrected chi connectivity index (χ1v) is 8.76. The Bertz CT molecular complexity index is 822. The average Bonchev–Trinajstić information content (AvgIpc) is 2.70. The van der Waals surface area contributed by atoms with Gasteiger partial charge in [-0.25, -0.2) is 4.79 Å². The van der Waals surface area contributed by atoms with Crippen LogP contribution in [0.25, 0.3) is 0 Å². The van der Waals surface area contributed by atoms with Crippen LogP contribution in [0, 0.1) is 0 Å². The molecular weight excluding hydrogens is 391 g/mol. The van der Waals surface area contributed by atoms with E-state index < -0.39 is 30.2 Å². The lowest BCUT2D eigenvalue weighted by Crippen LogP contribution is -2.32. The smallest absolute Gasteiger partial charge is 0.416 e. The molecule has 156 valence electrons. The maximum atomic E-state index is 12.7. The fraction of sp³-hybridized carbons (Fsp3) is 0.300. The largest absolute Gasteiger partial charge is 0.494 e. The van der Waals surface area contributed by atoms with Crippen molar-refractivity contribution in [2.24, 2.45) is 0 Å². The summed E-state index contributed by atoms with van der Waals surface area (Å²) in [5.41, 5.74) is -1.26. The molecule has 2 aromatic carbocycles. The average molecular weight is 411 g/mol. The molecule has 0 saturated heterocycles. The summed E-state index contributed by atoms with van der Waals surface area (Å²) in [6.07, 6.45) is -4.57. The minimum atomic E-state index is -4.57. The number of rotatable bonds is 9. The maximum absolute atomic E-state index is 12.7. The molecule has 0 aliphatic rings. The lowest BCUT2D eigenvalue weighted by molar-refractivity contribution is -0.137. The normalized spacial score (nSPS) is 10.9. The molecule has 2 aromatic rings. The molecule has 0 bridgehead atoms. The molecule has 9 heteroatoms. The quantitative estimate of drug-likeness (QED) is 0.505. The lowest BCUT2D eigenvalue weighted by atomic mass is 10.1. The third kappa shape index (κ3) is 7.36. The van der Waals surface area contributed by atoms with Crippen molar-refractivity contribution in [3.63, 3.8) is 0 Å². The molecule has 0 fully saturated rings. The predicted octanol–water partition coefficient (Wildman–Crippen LogP) is 3.46. The Balaban J connectivity index is 1.70. The SMILES string of the molecule is CCOc1ccc(OCCNC(=O)COC(=O)c2cccc(C(F)(F)F)c2)cc1. The number of alkyl halides is 3. The second-order valence-corrected chi connectivity index (χ2v) is 5.76. The summed E-state index contributed by atoms with van der Waals surface area (Å²) in [5.74, 6) is -0.299. The van der Waals surface area contributed by atoms with Gasteiger partial charge in [-0.05, 0) is 49.4 Å². The van der Waals surface area contributed by atoms with E-state index in [9.17, 15) is 22.8 Å². The predicted molar refractivity (Wildman–Crippen MR) is 97.8 cm³/mol. The summed E-state index contributed by atoms with van der Waals surface area (Å²) in [6, 6.07) is 10.7. The highest BCUT2D eigenvalue weighted by Crippen LogP contribution is 2.29. The van der Waals surface area contributed by atoms with Crippen molar-refractivity contribution >= 4 is 11.9 Å². The number of amides is 1. The zero-order valence-corrected chi connectivity index (χ0v) is 15.6. The summed E-state index contributed by atoms with van der Waals surface area (Å²) in [5, 5.41) is 2.48. The van der Waals surface area contributed by atoms with E-state index in [-0.39, 0.29) is 18.7 Å². The molecule has 0 aliphatic carbocycles. The third-order valence-corrected chi connectivity index (χ3v) is 3.59. The first-order valence-electron chi connectivity index (χ1n) is 8.76. The topological polar surface area (TPSA) is 73.9 Å². The van der Waals surface area contributed by atoms with Crippen LogP contribution in [0.15, 0.2) is 48.5 Å². The Hall–Kier alpha value is -3.23. The molecule has 1 amide bonds. The van der Waals surface area contributed by atoms with E-state index in [0.29, 0.717) is 18.4 Å². The number of carbonyl (C=O) groups is 2. The van der Waals surface area contributed by atoms with E-state index in [0.717, 1.165) is 17.9 Å². The summed E-state index contributed by atoms with van der Waals surface area (Å²) < 4.78 is 53.5. The Morgan fingerprint density at radius 3 is 2.28 bits per heavy atom. The molecular formula is C20H20F3NO5. The van der Waals surface area contributed by atoms with Crippen molar-refractivity contribution in [3.05, 3.63) is 59.7 Å². The van der Waals surface area contributed by atoms with Gasteiger partial charge in [0.1, 0.15) is 18.1 Å². The number of carbonyl (C=O) groups excluding carboxylic acids is 2. The van der Waals surface area contributed by atoms with Gasteiger partial charge in [-0.2, -0.15) is 13.2 Å². The number of hydrogen-bond donors (Lipinski definition) is 1. The molecule has 0 spiro atoms. The number of hydrogen-bond acceptors (Lipinski definition) is 5. The van der Waals surface area contributed by atoms with Crippen LogP contribution in [-0.2, 0) is 15.7 Å². The van der Waals surface area contributed by atoms with Crippen LogP contribution in [0.2, 0.25) is 0 Å². The first kappa shape index (κ1) is 22.1. The van der Waals surface area contributed by atoms with E-state index in [4.69, 9.17) is 14.2 Å². The highest BCUT2D eigenvalue weighted by Gasteiger charge is 2.31. The third-order valence-electron chi connectivity index (χ3n) is 3.59. The van der Waals surface area contributed by atoms with E-state index in [1.165, 1.54) is 6.07 Å². The van der Waals surface area contributed by atoms with Gasteiger partial charge in [0.2, 0.25) is 0 Å². The second-order valence-electron chi connectivity index (χ2n) is 5.76. The van der Waals surface area contributed by atoms with Crippen molar-refractivity contribution < 1.29 is 37.0 Å². The molecule has 0 heterocycles. The Morgan fingerprint density at radius 1 is 1.00 bits per heavy atom. The molecule has 0 aliphatic heterocycles. The van der Waals surface area contributed by atoms with Crippen LogP contribution >= 0.6 is 0 Å². The van der Waals surface area contributed by atoms with E-state index in [2.05, 4.69) is 5.32 Å². The van der Waals surface area contributed by atoms with Gasteiger partial charge in [-0.1, -0.05) is 6.07 Å². The van der Waals surface area contributed by atoms with Crippen LogP contribution in [0.4, 0.5) is 13.2 Å². The Morgan fingerprint density at radius 2 is 1.66 bits per heavy atom. The fourth-order valence-electron chi connectivity index (χ4n) is 2.25. The van der Waals surface area contributed by atoms with Gasteiger partial charge in [0.05, 0.1) is 24.3 Å². The number of halogens is 3. The Kier molecular flexibility index (Phi) is 7.88. The summed E-state index contributed by atoms with van der Waals surface area (Å²) in [6.45, 7) is 2.17. The van der Waals surface area contributed by atoms with Gasteiger partial charge in [0.15, 0.2) is 6.61 Å². The van der Waals surface area contributed by atoms with E-state index in [1.807, 2.05) is 6.92 Å². The summed E-state index contributed by atoms with van der Waals surface area (Å²) >= 11 is 0. The molecule has 0 atom stereocenters. The molecule has 6 nitrogen and oxygen atoms in total. The lowest BCUT2D eigenvalue weighted by Gasteiger charge is -2.10. The van der Waals surface area contributed by atoms with Gasteiger partial charge in [-0.3, -0.25) is 4.79 Å². The van der Waals surface area contributed by atoms with Crippen molar-refractivity contribution in [1.29, 1.82) is 0 Å². The standard InChI is InChI=1S/C20H20F3NO5/c1-2-27-16-6-8-17(9-7-16)28-11-10-24-18(25)13-29-19(26)14-4-3-5-15(12-14)20(21,22)23/h3-9,12H,2,10-11,13H2,1H3,(H,24,25). The van der Waals surface area contributed by atoms with Crippen LogP contribution in [-0.4, -0.2) is 38.2 Å². The minimum Gasteiger partial charge on any atom is -0.494 e. The van der Waals surface area contributed by atoms with Crippen molar-refractivity contribution in [3.8, 4) is 11.5 Å².